The van der Waals surface area contributed by atoms with Crippen LogP contribution in [0.15, 0.2) is 46.0 Å². The monoisotopic (exact) mass is 281 g/mol. The fourth-order valence-corrected chi connectivity index (χ4v) is 3.58. The molecule has 1 aromatic heterocycles. The highest BCUT2D eigenvalue weighted by Crippen LogP contribution is 2.16. The molecule has 0 spiro atoms. The van der Waals surface area contributed by atoms with E-state index in [2.05, 4.69) is 0 Å². The molecular formula is C13H15NO2S2. The fraction of sp³-hybridized carbons (Fsp3) is 0.231. The first-order valence-electron chi connectivity index (χ1n) is 5.66. The number of ether oxygens (including phenoxy) is 1. The van der Waals surface area contributed by atoms with Crippen LogP contribution in [0.5, 0.6) is 5.75 Å². The molecule has 1 unspecified atom stereocenters. The first-order valence-corrected chi connectivity index (χ1v) is 7.86. The van der Waals surface area contributed by atoms with Crippen molar-refractivity contribution in [3.8, 4) is 5.75 Å². The Kier molecular flexibility index (Phi) is 4.78. The van der Waals surface area contributed by atoms with Crippen molar-refractivity contribution in [2.75, 3.05) is 18.1 Å². The van der Waals surface area contributed by atoms with E-state index in [1.807, 2.05) is 35.7 Å². The second-order valence-corrected chi connectivity index (χ2v) is 6.50. The number of benzene rings is 1. The van der Waals surface area contributed by atoms with Crippen molar-refractivity contribution >= 4 is 27.8 Å². The van der Waals surface area contributed by atoms with Crippen LogP contribution >= 0.6 is 11.3 Å². The number of nitrogen functional groups attached to an aromatic ring is 1. The van der Waals surface area contributed by atoms with Gasteiger partial charge in [0.15, 0.2) is 0 Å². The van der Waals surface area contributed by atoms with Crippen molar-refractivity contribution in [1.29, 1.82) is 0 Å². The average molecular weight is 281 g/mol. The third-order valence-electron chi connectivity index (χ3n) is 2.32. The Morgan fingerprint density at radius 2 is 2.17 bits per heavy atom. The highest BCUT2D eigenvalue weighted by atomic mass is 32.2. The molecule has 2 aromatic rings. The minimum absolute atomic E-state index is 0.556. The maximum absolute atomic E-state index is 11.8. The fourth-order valence-electron chi connectivity index (χ4n) is 1.48. The summed E-state index contributed by atoms with van der Waals surface area (Å²) in [5.41, 5.74) is 6.34. The van der Waals surface area contributed by atoms with Gasteiger partial charge in [-0.15, -0.1) is 11.3 Å². The lowest BCUT2D eigenvalue weighted by molar-refractivity contribution is 0.318. The minimum Gasteiger partial charge on any atom is -0.493 e. The molecule has 0 fully saturated rings. The number of nitrogens with two attached hydrogens (primary N) is 1. The molecule has 96 valence electrons. The average Bonchev–Trinajstić information content (AvgIpc) is 2.88. The molecule has 0 aliphatic carbocycles. The molecule has 5 heteroatoms. The highest BCUT2D eigenvalue weighted by molar-refractivity contribution is 7.87. The smallest absolute Gasteiger partial charge is 0.121 e. The maximum atomic E-state index is 11.8. The van der Waals surface area contributed by atoms with Gasteiger partial charge in [0.25, 0.3) is 0 Å². The zero-order chi connectivity index (χ0) is 12.8. The van der Waals surface area contributed by atoms with Crippen molar-refractivity contribution in [3.63, 3.8) is 0 Å². The number of anilines is 1. The molecular weight excluding hydrogens is 266 g/mol. The minimum atomic E-state index is -0.901. The molecule has 0 aliphatic rings. The van der Waals surface area contributed by atoms with Crippen LogP contribution in [0, 0.1) is 0 Å². The summed E-state index contributed by atoms with van der Waals surface area (Å²) >= 11 is 1.53. The predicted octanol–water partition coefficient (Wildman–Crippen LogP) is 2.91. The predicted molar refractivity (Wildman–Crippen MR) is 76.6 cm³/mol. The van der Waals surface area contributed by atoms with Gasteiger partial charge in [0.05, 0.1) is 21.6 Å². The molecule has 0 amide bonds. The number of thiophene rings is 1. The SMILES string of the molecule is Nc1cccc(OCCCS(=O)c2cccs2)c1. The van der Waals surface area contributed by atoms with Gasteiger partial charge in [0.1, 0.15) is 5.75 Å². The van der Waals surface area contributed by atoms with E-state index in [1.54, 1.807) is 6.07 Å². The van der Waals surface area contributed by atoms with Gasteiger partial charge in [0.2, 0.25) is 0 Å². The Morgan fingerprint density at radius 3 is 2.89 bits per heavy atom. The van der Waals surface area contributed by atoms with Gasteiger partial charge in [-0.1, -0.05) is 12.1 Å². The van der Waals surface area contributed by atoms with Crippen LogP contribution in [-0.2, 0) is 10.8 Å². The first kappa shape index (κ1) is 13.1. The largest absolute Gasteiger partial charge is 0.493 e. The molecule has 0 aliphatic heterocycles. The van der Waals surface area contributed by atoms with E-state index in [0.29, 0.717) is 18.0 Å². The molecule has 3 nitrogen and oxygen atoms in total. The summed E-state index contributed by atoms with van der Waals surface area (Å²) in [5.74, 6) is 1.39. The summed E-state index contributed by atoms with van der Waals surface area (Å²) in [6, 6.07) is 11.1. The van der Waals surface area contributed by atoms with E-state index < -0.39 is 10.8 Å². The number of hydrogen-bond donors (Lipinski definition) is 1. The third kappa shape index (κ3) is 3.85. The Bertz CT molecular complexity index is 511. The third-order valence-corrected chi connectivity index (χ3v) is 5.07. The van der Waals surface area contributed by atoms with Crippen LogP contribution in [0.3, 0.4) is 0 Å². The van der Waals surface area contributed by atoms with Crippen LogP contribution < -0.4 is 10.5 Å². The highest BCUT2D eigenvalue weighted by Gasteiger charge is 2.04. The van der Waals surface area contributed by atoms with Crippen LogP contribution in [0.4, 0.5) is 5.69 Å². The van der Waals surface area contributed by atoms with Gasteiger partial charge >= 0.3 is 0 Å². The summed E-state index contributed by atoms with van der Waals surface area (Å²) in [7, 11) is -0.901. The Balaban J connectivity index is 1.72. The van der Waals surface area contributed by atoms with Crippen molar-refractivity contribution in [2.24, 2.45) is 0 Å². The van der Waals surface area contributed by atoms with Gasteiger partial charge in [-0.3, -0.25) is 4.21 Å². The topological polar surface area (TPSA) is 52.3 Å². The summed E-state index contributed by atoms with van der Waals surface area (Å²) in [6.45, 7) is 0.556. The lowest BCUT2D eigenvalue weighted by Gasteiger charge is -2.06. The summed E-state index contributed by atoms with van der Waals surface area (Å²) in [6.07, 6.45) is 0.763. The lowest BCUT2D eigenvalue weighted by Crippen LogP contribution is -2.04. The molecule has 0 saturated carbocycles. The normalized spacial score (nSPS) is 12.2. The quantitative estimate of drug-likeness (QED) is 0.654. The standard InChI is InChI=1S/C13H15NO2S2/c14-11-4-1-5-12(10-11)16-7-3-9-18(15)13-6-2-8-17-13/h1-2,4-6,8,10H,3,7,9,14H2. The van der Waals surface area contributed by atoms with Gasteiger partial charge in [0, 0.05) is 17.5 Å². The van der Waals surface area contributed by atoms with Crippen LogP contribution in [-0.4, -0.2) is 16.6 Å². The van der Waals surface area contributed by atoms with Gasteiger partial charge in [-0.2, -0.15) is 0 Å². The molecule has 18 heavy (non-hydrogen) atoms. The Morgan fingerprint density at radius 1 is 1.28 bits per heavy atom. The van der Waals surface area contributed by atoms with E-state index in [-0.39, 0.29) is 0 Å². The molecule has 1 heterocycles. The molecule has 2 N–H and O–H groups in total. The van der Waals surface area contributed by atoms with Crippen LogP contribution in [0.25, 0.3) is 0 Å². The van der Waals surface area contributed by atoms with Gasteiger partial charge in [-0.05, 0) is 30.0 Å². The summed E-state index contributed by atoms with van der Waals surface area (Å²) in [4.78, 5) is 0. The van der Waals surface area contributed by atoms with E-state index in [0.717, 1.165) is 16.4 Å². The molecule has 1 atom stereocenters. The number of hydrogen-bond acceptors (Lipinski definition) is 4. The molecule has 1 aromatic carbocycles. The van der Waals surface area contributed by atoms with Crippen molar-refractivity contribution < 1.29 is 8.95 Å². The van der Waals surface area contributed by atoms with Crippen molar-refractivity contribution in [3.05, 3.63) is 41.8 Å². The second kappa shape index (κ2) is 6.56. The van der Waals surface area contributed by atoms with E-state index >= 15 is 0 Å². The number of rotatable bonds is 6. The molecule has 0 saturated heterocycles. The van der Waals surface area contributed by atoms with Crippen LogP contribution in [0.2, 0.25) is 0 Å². The molecule has 0 bridgehead atoms. The lowest BCUT2D eigenvalue weighted by atomic mass is 10.3. The van der Waals surface area contributed by atoms with E-state index in [9.17, 15) is 4.21 Å². The summed E-state index contributed by atoms with van der Waals surface area (Å²) in [5, 5.41) is 1.94. The zero-order valence-corrected chi connectivity index (χ0v) is 11.5. The maximum Gasteiger partial charge on any atom is 0.121 e. The van der Waals surface area contributed by atoms with Gasteiger partial charge in [-0.25, -0.2) is 0 Å². The molecule has 2 rings (SSSR count). The first-order chi connectivity index (χ1) is 8.75. The Hall–Kier alpha value is -1.33. The van der Waals surface area contributed by atoms with E-state index in [1.165, 1.54) is 11.3 Å². The van der Waals surface area contributed by atoms with Crippen molar-refractivity contribution in [2.45, 2.75) is 10.6 Å². The second-order valence-electron chi connectivity index (χ2n) is 3.76. The Labute approximate surface area is 113 Å². The summed E-state index contributed by atoms with van der Waals surface area (Å²) < 4.78 is 18.3. The van der Waals surface area contributed by atoms with Gasteiger partial charge < -0.3 is 10.5 Å². The van der Waals surface area contributed by atoms with Crippen molar-refractivity contribution in [1.82, 2.24) is 0 Å². The zero-order valence-electron chi connectivity index (χ0n) is 9.87. The van der Waals surface area contributed by atoms with E-state index in [4.69, 9.17) is 10.5 Å². The molecule has 0 radical (unpaired) electrons. The van der Waals surface area contributed by atoms with Crippen LogP contribution in [0.1, 0.15) is 6.42 Å².